The van der Waals surface area contributed by atoms with Crippen LogP contribution in [0.25, 0.3) is 0 Å². The van der Waals surface area contributed by atoms with Crippen molar-refractivity contribution in [3.63, 3.8) is 0 Å². The molecule has 3 N–H and O–H groups in total. The van der Waals surface area contributed by atoms with E-state index in [1.807, 2.05) is 41.9 Å². The molecule has 0 radical (unpaired) electrons. The van der Waals surface area contributed by atoms with Crippen molar-refractivity contribution in [3.8, 4) is 0 Å². The molecule has 0 saturated carbocycles. The first-order chi connectivity index (χ1) is 11.3. The second-order valence-corrected chi connectivity index (χ2v) is 9.45. The van der Waals surface area contributed by atoms with E-state index in [-0.39, 0.29) is 18.7 Å². The highest BCUT2D eigenvalue weighted by Crippen LogP contribution is 2.43. The van der Waals surface area contributed by atoms with Crippen molar-refractivity contribution in [2.75, 3.05) is 47.4 Å². The van der Waals surface area contributed by atoms with E-state index in [0.717, 1.165) is 19.3 Å². The van der Waals surface area contributed by atoms with Gasteiger partial charge in [0.15, 0.2) is 0 Å². The Morgan fingerprint density at radius 1 is 1.04 bits per heavy atom. The Morgan fingerprint density at radius 2 is 1.58 bits per heavy atom. The van der Waals surface area contributed by atoms with Crippen LogP contribution in [0.2, 0.25) is 0 Å². The largest absolute Gasteiger partial charge is 0.870 e. The Morgan fingerprint density at radius 3 is 2.12 bits per heavy atom. The Kier molecular flexibility index (Phi) is 13.4. The lowest BCUT2D eigenvalue weighted by Gasteiger charge is -2.24. The first kappa shape index (κ1) is 27.5. The molecule has 0 aliphatic heterocycles. The van der Waals surface area contributed by atoms with Crippen molar-refractivity contribution in [2.45, 2.75) is 52.1 Å². The number of unbranched alkanes of at least 4 members (excludes halogenated alkanes) is 3. The highest BCUT2D eigenvalue weighted by Gasteiger charge is 2.22. The van der Waals surface area contributed by atoms with Crippen molar-refractivity contribution in [3.05, 3.63) is 0 Å². The number of carbonyl (C=O) groups is 1. The predicted octanol–water partition coefficient (Wildman–Crippen LogP) is 2.73. The first-order valence-electron chi connectivity index (χ1n) is 8.70. The van der Waals surface area contributed by atoms with Crippen LogP contribution in [0.3, 0.4) is 0 Å². The summed E-state index contributed by atoms with van der Waals surface area (Å²) in [5.74, 6) is 0. The Hall–Kier alpha value is -0.700. The number of rotatable bonds is 12. The van der Waals surface area contributed by atoms with Crippen LogP contribution in [-0.4, -0.2) is 74.0 Å². The fraction of sp³-hybridized carbons (Fsp3) is 0.938. The lowest BCUT2D eigenvalue weighted by Crippen LogP contribution is -2.37. The molecule has 0 aliphatic rings. The SMILES string of the molecule is CC(C)(C)OC(=O)NCCCCCCOP(=O)(O)OCC[N+](C)(C)C.[OH-]. The molecule has 158 valence electrons. The molecule has 0 bridgehead atoms. The molecule has 0 saturated heterocycles. The average molecular weight is 400 g/mol. The monoisotopic (exact) mass is 400 g/mol. The molecule has 0 aromatic carbocycles. The molecular formula is C16H37N2O7P. The number of nitrogens with zero attached hydrogens (tertiary/aromatic N) is 1. The number of nitrogens with one attached hydrogen (secondary N) is 1. The summed E-state index contributed by atoms with van der Waals surface area (Å²) in [6.45, 7) is 6.97. The lowest BCUT2D eigenvalue weighted by molar-refractivity contribution is -0.870. The van der Waals surface area contributed by atoms with Gasteiger partial charge in [-0.25, -0.2) is 9.36 Å². The molecule has 0 fully saturated rings. The number of alkyl carbamates (subject to hydrolysis) is 1. The fourth-order valence-corrected chi connectivity index (χ4v) is 2.48. The summed E-state index contributed by atoms with van der Waals surface area (Å²) in [7, 11) is 1.97. The van der Waals surface area contributed by atoms with Gasteiger partial charge in [-0.3, -0.25) is 9.05 Å². The van der Waals surface area contributed by atoms with Crippen LogP contribution in [0.15, 0.2) is 0 Å². The van der Waals surface area contributed by atoms with Gasteiger partial charge in [0.1, 0.15) is 18.8 Å². The summed E-state index contributed by atoms with van der Waals surface area (Å²) >= 11 is 0. The van der Waals surface area contributed by atoms with E-state index < -0.39 is 19.5 Å². The topological polar surface area (TPSA) is 124 Å². The molecule has 1 unspecified atom stereocenters. The molecule has 0 aromatic rings. The minimum Gasteiger partial charge on any atom is -0.870 e. The molecule has 1 amide bonds. The normalized spacial score (nSPS) is 14.3. The quantitative estimate of drug-likeness (QED) is 0.293. The van der Waals surface area contributed by atoms with Gasteiger partial charge in [0.05, 0.1) is 27.7 Å². The molecule has 1 atom stereocenters. The molecule has 26 heavy (non-hydrogen) atoms. The van der Waals surface area contributed by atoms with E-state index in [1.165, 1.54) is 0 Å². The summed E-state index contributed by atoms with van der Waals surface area (Å²) in [4.78, 5) is 21.0. The number of likely N-dealkylation sites (N-methyl/N-ethyl adjacent to an activating group) is 1. The van der Waals surface area contributed by atoms with E-state index in [9.17, 15) is 14.3 Å². The maximum absolute atomic E-state index is 11.7. The van der Waals surface area contributed by atoms with Crippen LogP contribution in [0, 0.1) is 0 Å². The summed E-state index contributed by atoms with van der Waals surface area (Å²) in [5, 5.41) is 2.69. The zero-order valence-electron chi connectivity index (χ0n) is 17.0. The first-order valence-corrected chi connectivity index (χ1v) is 10.2. The number of hydrogen-bond donors (Lipinski definition) is 2. The van der Waals surface area contributed by atoms with E-state index in [0.29, 0.717) is 24.0 Å². The molecule has 0 spiro atoms. The van der Waals surface area contributed by atoms with Gasteiger partial charge < -0.3 is 24.9 Å². The van der Waals surface area contributed by atoms with Gasteiger partial charge in [-0.1, -0.05) is 12.8 Å². The minimum atomic E-state index is -3.96. The van der Waals surface area contributed by atoms with Gasteiger partial charge in [0.2, 0.25) is 0 Å². The average Bonchev–Trinajstić information content (AvgIpc) is 2.37. The molecule has 0 heterocycles. The third-order valence-electron chi connectivity index (χ3n) is 3.01. The number of amides is 1. The standard InChI is InChI=1S/C16H35N2O6P.H2O/c1-16(2,3)24-15(19)17-11-9-7-8-10-13-22-25(20,21)23-14-12-18(4,5)6;/h7-14H2,1-6H3,(H-,17,19,20,21);1H2. The Bertz CT molecular complexity index is 433. The van der Waals surface area contributed by atoms with Gasteiger partial charge in [0, 0.05) is 6.54 Å². The van der Waals surface area contributed by atoms with Gasteiger partial charge in [-0.05, 0) is 33.6 Å². The second kappa shape index (κ2) is 12.6. The molecular weight excluding hydrogens is 363 g/mol. The number of ether oxygens (including phenoxy) is 1. The molecule has 10 heteroatoms. The predicted molar refractivity (Wildman–Crippen MR) is 99.3 cm³/mol. The van der Waals surface area contributed by atoms with Crippen LogP contribution < -0.4 is 5.32 Å². The van der Waals surface area contributed by atoms with Gasteiger partial charge in [-0.15, -0.1) is 0 Å². The summed E-state index contributed by atoms with van der Waals surface area (Å²) in [6.07, 6.45) is 2.79. The van der Waals surface area contributed by atoms with Crippen LogP contribution in [0.5, 0.6) is 0 Å². The fourth-order valence-electron chi connectivity index (χ4n) is 1.73. The Labute approximate surface area is 157 Å². The van der Waals surface area contributed by atoms with Crippen LogP contribution in [-0.2, 0) is 18.3 Å². The van der Waals surface area contributed by atoms with Crippen molar-refractivity contribution in [1.82, 2.24) is 5.32 Å². The van der Waals surface area contributed by atoms with E-state index in [4.69, 9.17) is 13.8 Å². The van der Waals surface area contributed by atoms with Crippen molar-refractivity contribution in [1.29, 1.82) is 0 Å². The van der Waals surface area contributed by atoms with E-state index in [2.05, 4.69) is 5.32 Å². The number of phosphoric ester groups is 1. The molecule has 0 aliphatic carbocycles. The highest BCUT2D eigenvalue weighted by molar-refractivity contribution is 7.47. The Balaban J connectivity index is 0. The molecule has 0 aromatic heterocycles. The summed E-state index contributed by atoms with van der Waals surface area (Å²) < 4.78 is 27.3. The molecule has 0 rings (SSSR count). The van der Waals surface area contributed by atoms with Gasteiger partial charge >= 0.3 is 13.9 Å². The zero-order valence-corrected chi connectivity index (χ0v) is 17.9. The maximum atomic E-state index is 11.7. The number of quaternary nitrogens is 1. The van der Waals surface area contributed by atoms with Crippen LogP contribution in [0.1, 0.15) is 46.5 Å². The van der Waals surface area contributed by atoms with Gasteiger partial charge in [0.25, 0.3) is 0 Å². The molecule has 9 nitrogen and oxygen atoms in total. The lowest BCUT2D eigenvalue weighted by atomic mass is 10.2. The highest BCUT2D eigenvalue weighted by atomic mass is 31.2. The minimum absolute atomic E-state index is 0. The zero-order chi connectivity index (χ0) is 19.6. The number of carbonyl (C=O) groups excluding carboxylic acids is 1. The van der Waals surface area contributed by atoms with Crippen LogP contribution >= 0.6 is 7.82 Å². The second-order valence-electron chi connectivity index (χ2n) is 7.99. The van der Waals surface area contributed by atoms with Crippen molar-refractivity contribution in [2.24, 2.45) is 0 Å². The van der Waals surface area contributed by atoms with Crippen molar-refractivity contribution >= 4 is 13.9 Å². The smallest absolute Gasteiger partial charge is 0.472 e. The van der Waals surface area contributed by atoms with Gasteiger partial charge in [-0.2, -0.15) is 0 Å². The van der Waals surface area contributed by atoms with E-state index >= 15 is 0 Å². The summed E-state index contributed by atoms with van der Waals surface area (Å²) in [6, 6.07) is 0. The summed E-state index contributed by atoms with van der Waals surface area (Å²) in [5.41, 5.74) is -0.492. The third kappa shape index (κ3) is 19.6. The number of phosphoric acid groups is 1. The van der Waals surface area contributed by atoms with Crippen molar-refractivity contribution < 1.29 is 38.0 Å². The third-order valence-corrected chi connectivity index (χ3v) is 4.03. The van der Waals surface area contributed by atoms with E-state index in [1.54, 1.807) is 0 Å². The maximum Gasteiger partial charge on any atom is 0.472 e. The van der Waals surface area contributed by atoms with Crippen LogP contribution in [0.4, 0.5) is 4.79 Å². The number of hydrogen-bond acceptors (Lipinski definition) is 6.